The molecular formula is C14H16ClNO4S. The van der Waals surface area contributed by atoms with Gasteiger partial charge in [0.25, 0.3) is 5.69 Å². The maximum absolute atomic E-state index is 10.8. The predicted molar refractivity (Wildman–Crippen MR) is 82.4 cm³/mol. The van der Waals surface area contributed by atoms with Crippen LogP contribution >= 0.6 is 23.4 Å². The molecule has 114 valence electrons. The Morgan fingerprint density at radius 3 is 3.05 bits per heavy atom. The number of thioether (sulfide) groups is 1. The number of benzene rings is 1. The smallest absolute Gasteiger partial charge is 0.288 e. The second-order valence-corrected chi connectivity index (χ2v) is 6.95. The van der Waals surface area contributed by atoms with Crippen molar-refractivity contribution in [3.05, 3.63) is 33.3 Å². The van der Waals surface area contributed by atoms with Crippen molar-refractivity contribution in [2.45, 2.75) is 31.0 Å². The molecule has 2 fully saturated rings. The molecule has 0 N–H and O–H groups in total. The van der Waals surface area contributed by atoms with Crippen molar-refractivity contribution in [3.8, 4) is 5.75 Å². The summed E-state index contributed by atoms with van der Waals surface area (Å²) in [7, 11) is 0. The molecule has 1 aromatic carbocycles. The maximum Gasteiger partial charge on any atom is 0.288 e. The van der Waals surface area contributed by atoms with E-state index in [0.717, 1.165) is 30.8 Å². The predicted octanol–water partition coefficient (Wildman–Crippen LogP) is 3.68. The SMILES string of the molecule is O=[N+]([O-])c1ccc(OC2CCOC3(CCSC3)C2)cc1Cl. The van der Waals surface area contributed by atoms with E-state index in [1.54, 1.807) is 6.07 Å². The second kappa shape index (κ2) is 6.02. The zero-order chi connectivity index (χ0) is 14.9. The van der Waals surface area contributed by atoms with Crippen LogP contribution in [0.4, 0.5) is 5.69 Å². The molecule has 2 heterocycles. The molecule has 3 rings (SSSR count). The molecule has 0 saturated carbocycles. The summed E-state index contributed by atoms with van der Waals surface area (Å²) in [5.74, 6) is 2.74. The van der Waals surface area contributed by atoms with Crippen LogP contribution in [-0.2, 0) is 4.74 Å². The highest BCUT2D eigenvalue weighted by Gasteiger charge is 2.41. The van der Waals surface area contributed by atoms with Gasteiger partial charge >= 0.3 is 0 Å². The summed E-state index contributed by atoms with van der Waals surface area (Å²) in [6.45, 7) is 0.700. The van der Waals surface area contributed by atoms with Gasteiger partial charge in [-0.15, -0.1) is 0 Å². The second-order valence-electron chi connectivity index (χ2n) is 5.44. The molecule has 1 spiro atoms. The Balaban J connectivity index is 1.68. The van der Waals surface area contributed by atoms with E-state index in [4.69, 9.17) is 21.1 Å². The monoisotopic (exact) mass is 329 g/mol. The number of nitrogens with zero attached hydrogens (tertiary/aromatic N) is 1. The summed E-state index contributed by atoms with van der Waals surface area (Å²) in [4.78, 5) is 10.3. The highest BCUT2D eigenvalue weighted by Crippen LogP contribution is 2.39. The van der Waals surface area contributed by atoms with Crippen LogP contribution < -0.4 is 4.74 Å². The fourth-order valence-electron chi connectivity index (χ4n) is 2.85. The lowest BCUT2D eigenvalue weighted by Gasteiger charge is -2.37. The van der Waals surface area contributed by atoms with Gasteiger partial charge in [-0.1, -0.05) is 11.6 Å². The van der Waals surface area contributed by atoms with Gasteiger partial charge in [-0.3, -0.25) is 10.1 Å². The molecule has 2 aliphatic heterocycles. The van der Waals surface area contributed by atoms with Gasteiger partial charge in [0.2, 0.25) is 0 Å². The van der Waals surface area contributed by atoms with Crippen molar-refractivity contribution in [1.29, 1.82) is 0 Å². The van der Waals surface area contributed by atoms with Gasteiger partial charge in [0.15, 0.2) is 0 Å². The molecule has 2 aliphatic rings. The van der Waals surface area contributed by atoms with Crippen LogP contribution in [0.5, 0.6) is 5.75 Å². The topological polar surface area (TPSA) is 61.6 Å². The van der Waals surface area contributed by atoms with Crippen LogP contribution in [0.15, 0.2) is 18.2 Å². The number of rotatable bonds is 3. The minimum atomic E-state index is -0.495. The first-order chi connectivity index (χ1) is 10.1. The van der Waals surface area contributed by atoms with Crippen LogP contribution in [0.2, 0.25) is 5.02 Å². The standard InChI is InChI=1S/C14H16ClNO4S/c15-12-7-10(1-2-13(12)16(17)18)20-11-3-5-19-14(8-11)4-6-21-9-14/h1-2,7,11H,3-6,8-9H2. The maximum atomic E-state index is 10.8. The fraction of sp³-hybridized carbons (Fsp3) is 0.571. The first kappa shape index (κ1) is 14.9. The van der Waals surface area contributed by atoms with E-state index in [2.05, 4.69) is 0 Å². The lowest BCUT2D eigenvalue weighted by atomic mass is 9.91. The fourth-order valence-corrected chi connectivity index (χ4v) is 4.47. The Morgan fingerprint density at radius 2 is 2.38 bits per heavy atom. The molecule has 21 heavy (non-hydrogen) atoms. The van der Waals surface area contributed by atoms with E-state index in [-0.39, 0.29) is 22.4 Å². The van der Waals surface area contributed by atoms with E-state index < -0.39 is 4.92 Å². The summed E-state index contributed by atoms with van der Waals surface area (Å²) in [5.41, 5.74) is -0.141. The highest BCUT2D eigenvalue weighted by molar-refractivity contribution is 7.99. The summed E-state index contributed by atoms with van der Waals surface area (Å²) in [5, 5.41) is 10.9. The average Bonchev–Trinajstić information content (AvgIpc) is 2.86. The van der Waals surface area contributed by atoms with Crippen LogP contribution in [0.3, 0.4) is 0 Å². The lowest BCUT2D eigenvalue weighted by Crippen LogP contribution is -2.43. The Labute approximate surface area is 132 Å². The third-order valence-electron chi connectivity index (χ3n) is 3.93. The van der Waals surface area contributed by atoms with Gasteiger partial charge in [0, 0.05) is 30.7 Å². The van der Waals surface area contributed by atoms with Crippen LogP contribution in [0.25, 0.3) is 0 Å². The first-order valence-electron chi connectivity index (χ1n) is 6.90. The Morgan fingerprint density at radius 1 is 1.52 bits per heavy atom. The van der Waals surface area contributed by atoms with Crippen LogP contribution in [-0.4, -0.2) is 34.7 Å². The van der Waals surface area contributed by atoms with E-state index >= 15 is 0 Å². The van der Waals surface area contributed by atoms with Crippen molar-refractivity contribution >= 4 is 29.1 Å². The van der Waals surface area contributed by atoms with Gasteiger partial charge in [-0.2, -0.15) is 11.8 Å². The summed E-state index contributed by atoms with van der Waals surface area (Å²) >= 11 is 7.83. The third-order valence-corrected chi connectivity index (χ3v) is 5.46. The van der Waals surface area contributed by atoms with Gasteiger partial charge < -0.3 is 9.47 Å². The van der Waals surface area contributed by atoms with Crippen molar-refractivity contribution in [1.82, 2.24) is 0 Å². The van der Waals surface area contributed by atoms with Gasteiger partial charge in [0.1, 0.15) is 16.9 Å². The largest absolute Gasteiger partial charge is 0.490 e. The van der Waals surface area contributed by atoms with Crippen molar-refractivity contribution in [2.75, 3.05) is 18.1 Å². The van der Waals surface area contributed by atoms with Crippen molar-refractivity contribution in [3.63, 3.8) is 0 Å². The molecule has 2 unspecified atom stereocenters. The molecule has 2 atom stereocenters. The number of ether oxygens (including phenoxy) is 2. The van der Waals surface area contributed by atoms with E-state index in [9.17, 15) is 10.1 Å². The molecular weight excluding hydrogens is 314 g/mol. The number of halogens is 1. The lowest BCUT2D eigenvalue weighted by molar-refractivity contribution is -0.384. The van der Waals surface area contributed by atoms with Crippen LogP contribution in [0, 0.1) is 10.1 Å². The molecule has 1 aromatic rings. The van der Waals surface area contributed by atoms with Crippen LogP contribution in [0.1, 0.15) is 19.3 Å². The zero-order valence-electron chi connectivity index (χ0n) is 11.4. The van der Waals surface area contributed by atoms with Crippen molar-refractivity contribution < 1.29 is 14.4 Å². The Hall–Kier alpha value is -0.980. The normalized spacial score (nSPS) is 28.7. The minimum Gasteiger partial charge on any atom is -0.490 e. The number of hydrogen-bond donors (Lipinski definition) is 0. The summed E-state index contributed by atoms with van der Waals surface area (Å²) in [6.07, 6.45) is 2.85. The summed E-state index contributed by atoms with van der Waals surface area (Å²) < 4.78 is 11.9. The zero-order valence-corrected chi connectivity index (χ0v) is 13.0. The Kier molecular flexibility index (Phi) is 4.28. The number of hydrogen-bond acceptors (Lipinski definition) is 5. The first-order valence-corrected chi connectivity index (χ1v) is 8.44. The van der Waals surface area contributed by atoms with E-state index in [1.165, 1.54) is 12.1 Å². The summed E-state index contributed by atoms with van der Waals surface area (Å²) in [6, 6.07) is 4.51. The third kappa shape index (κ3) is 3.27. The van der Waals surface area contributed by atoms with Gasteiger partial charge in [-0.25, -0.2) is 0 Å². The molecule has 5 nitrogen and oxygen atoms in total. The molecule has 7 heteroatoms. The molecule has 0 bridgehead atoms. The van der Waals surface area contributed by atoms with E-state index in [0.29, 0.717) is 12.4 Å². The molecule has 0 aromatic heterocycles. The van der Waals surface area contributed by atoms with Crippen molar-refractivity contribution in [2.24, 2.45) is 0 Å². The number of nitro benzene ring substituents is 1. The molecule has 2 saturated heterocycles. The molecule has 0 amide bonds. The minimum absolute atomic E-state index is 0.0435. The highest BCUT2D eigenvalue weighted by atomic mass is 35.5. The van der Waals surface area contributed by atoms with Gasteiger partial charge in [-0.05, 0) is 18.2 Å². The number of nitro groups is 1. The van der Waals surface area contributed by atoms with Gasteiger partial charge in [0.05, 0.1) is 17.1 Å². The average molecular weight is 330 g/mol. The quantitative estimate of drug-likeness (QED) is 0.625. The Bertz CT molecular complexity index is 548. The van der Waals surface area contributed by atoms with E-state index in [1.807, 2.05) is 11.8 Å². The molecule has 0 radical (unpaired) electrons. The molecule has 0 aliphatic carbocycles.